The van der Waals surface area contributed by atoms with Crippen molar-refractivity contribution in [3.05, 3.63) is 59.5 Å². The molecule has 1 heterocycles. The molecule has 1 aromatic heterocycles. The molecule has 1 atom stereocenters. The van der Waals surface area contributed by atoms with Crippen molar-refractivity contribution in [1.82, 2.24) is 9.80 Å². The van der Waals surface area contributed by atoms with Crippen molar-refractivity contribution in [3.8, 4) is 0 Å². The summed E-state index contributed by atoms with van der Waals surface area (Å²) in [6, 6.07) is 11.4. The first-order valence-electron chi connectivity index (χ1n) is 7.01. The van der Waals surface area contributed by atoms with Gasteiger partial charge in [-0.2, -0.15) is 0 Å². The van der Waals surface area contributed by atoms with Gasteiger partial charge in [-0.05, 0) is 45.3 Å². The van der Waals surface area contributed by atoms with Crippen molar-refractivity contribution in [2.45, 2.75) is 26.1 Å². The zero-order valence-electron chi connectivity index (χ0n) is 12.8. The fraction of sp³-hybridized carbons (Fsp3) is 0.412. The minimum atomic E-state index is 0.452. The molecule has 1 unspecified atom stereocenters. The van der Waals surface area contributed by atoms with Gasteiger partial charge in [0.1, 0.15) is 0 Å². The van der Waals surface area contributed by atoms with Crippen molar-refractivity contribution in [1.29, 1.82) is 0 Å². The molecule has 108 valence electrons. The van der Waals surface area contributed by atoms with Crippen molar-refractivity contribution in [2.24, 2.45) is 0 Å². The molecular formula is C17H24N2O. The zero-order valence-corrected chi connectivity index (χ0v) is 12.8. The molecule has 1 aromatic carbocycles. The molecule has 0 bridgehead atoms. The molecule has 0 amide bonds. The number of rotatable bonds is 6. The average molecular weight is 272 g/mol. The van der Waals surface area contributed by atoms with E-state index in [0.29, 0.717) is 6.04 Å². The SMILES string of the molecule is CC(c1ccc(CN(C)Cc2ccoc2)cc1)N(C)C. The van der Waals surface area contributed by atoms with Gasteiger partial charge in [0, 0.05) is 24.7 Å². The summed E-state index contributed by atoms with van der Waals surface area (Å²) < 4.78 is 5.10. The number of nitrogens with zero attached hydrogens (tertiary/aromatic N) is 2. The Morgan fingerprint density at radius 1 is 0.950 bits per heavy atom. The molecule has 0 fully saturated rings. The minimum absolute atomic E-state index is 0.452. The topological polar surface area (TPSA) is 19.6 Å². The molecule has 2 aromatic rings. The summed E-state index contributed by atoms with van der Waals surface area (Å²) in [6.07, 6.45) is 3.53. The Morgan fingerprint density at radius 2 is 1.60 bits per heavy atom. The van der Waals surface area contributed by atoms with E-state index in [2.05, 4.69) is 62.1 Å². The third kappa shape index (κ3) is 3.95. The summed E-state index contributed by atoms with van der Waals surface area (Å²) in [5.41, 5.74) is 3.91. The van der Waals surface area contributed by atoms with Crippen molar-refractivity contribution in [3.63, 3.8) is 0 Å². The van der Waals surface area contributed by atoms with E-state index in [1.165, 1.54) is 16.7 Å². The molecular weight excluding hydrogens is 248 g/mol. The summed E-state index contributed by atoms with van der Waals surface area (Å²) in [5, 5.41) is 0. The van der Waals surface area contributed by atoms with Crippen LogP contribution in [-0.4, -0.2) is 30.9 Å². The molecule has 0 aliphatic carbocycles. The van der Waals surface area contributed by atoms with E-state index < -0.39 is 0 Å². The van der Waals surface area contributed by atoms with Gasteiger partial charge < -0.3 is 9.32 Å². The van der Waals surface area contributed by atoms with Crippen LogP contribution >= 0.6 is 0 Å². The Labute approximate surface area is 121 Å². The van der Waals surface area contributed by atoms with Gasteiger partial charge in [0.05, 0.1) is 12.5 Å². The molecule has 20 heavy (non-hydrogen) atoms. The smallest absolute Gasteiger partial charge is 0.0947 e. The van der Waals surface area contributed by atoms with Gasteiger partial charge in [-0.15, -0.1) is 0 Å². The second kappa shape index (κ2) is 6.73. The lowest BCUT2D eigenvalue weighted by atomic mass is 10.1. The molecule has 0 aliphatic heterocycles. The van der Waals surface area contributed by atoms with Crippen LogP contribution in [0.3, 0.4) is 0 Å². The van der Waals surface area contributed by atoms with Crippen molar-refractivity contribution < 1.29 is 4.42 Å². The first-order chi connectivity index (χ1) is 9.56. The molecule has 3 nitrogen and oxygen atoms in total. The highest BCUT2D eigenvalue weighted by atomic mass is 16.3. The maximum atomic E-state index is 5.10. The number of hydrogen-bond donors (Lipinski definition) is 0. The van der Waals surface area contributed by atoms with Gasteiger partial charge in [0.15, 0.2) is 0 Å². The predicted octanol–water partition coefficient (Wildman–Crippen LogP) is 3.53. The standard InChI is InChI=1S/C17H24N2O/c1-14(18(2)3)17-7-5-15(6-8-17)11-19(4)12-16-9-10-20-13-16/h5-10,13-14H,11-12H2,1-4H3. The Morgan fingerprint density at radius 3 is 2.15 bits per heavy atom. The fourth-order valence-corrected chi connectivity index (χ4v) is 2.26. The van der Waals surface area contributed by atoms with Crippen molar-refractivity contribution >= 4 is 0 Å². The third-order valence-corrected chi connectivity index (χ3v) is 3.72. The lowest BCUT2D eigenvalue weighted by molar-refractivity contribution is 0.315. The zero-order chi connectivity index (χ0) is 14.5. The lowest BCUT2D eigenvalue weighted by Crippen LogP contribution is -2.18. The molecule has 2 rings (SSSR count). The maximum Gasteiger partial charge on any atom is 0.0947 e. The molecule has 3 heteroatoms. The highest BCUT2D eigenvalue weighted by Crippen LogP contribution is 2.18. The van der Waals surface area contributed by atoms with Gasteiger partial charge in [0.2, 0.25) is 0 Å². The minimum Gasteiger partial charge on any atom is -0.472 e. The Kier molecular flexibility index (Phi) is 4.99. The van der Waals surface area contributed by atoms with Crippen molar-refractivity contribution in [2.75, 3.05) is 21.1 Å². The van der Waals surface area contributed by atoms with Crippen LogP contribution in [-0.2, 0) is 13.1 Å². The third-order valence-electron chi connectivity index (χ3n) is 3.72. The first-order valence-corrected chi connectivity index (χ1v) is 7.01. The van der Waals surface area contributed by atoms with Crippen LogP contribution in [0.4, 0.5) is 0 Å². The summed E-state index contributed by atoms with van der Waals surface area (Å²) in [7, 11) is 6.35. The van der Waals surface area contributed by atoms with E-state index in [1.807, 2.05) is 6.07 Å². The number of furan rings is 1. The molecule has 0 saturated heterocycles. The quantitative estimate of drug-likeness (QED) is 0.802. The number of benzene rings is 1. The van der Waals surface area contributed by atoms with Crippen LogP contribution in [0.15, 0.2) is 47.3 Å². The van der Waals surface area contributed by atoms with Crippen LogP contribution in [0.2, 0.25) is 0 Å². The Hall–Kier alpha value is -1.58. The normalized spacial score (nSPS) is 13.1. The summed E-state index contributed by atoms with van der Waals surface area (Å²) >= 11 is 0. The monoisotopic (exact) mass is 272 g/mol. The lowest BCUT2D eigenvalue weighted by Gasteiger charge is -2.21. The van der Waals surface area contributed by atoms with Gasteiger partial charge >= 0.3 is 0 Å². The van der Waals surface area contributed by atoms with Gasteiger partial charge in [-0.1, -0.05) is 24.3 Å². The number of hydrogen-bond acceptors (Lipinski definition) is 3. The van der Waals surface area contributed by atoms with E-state index in [-0.39, 0.29) is 0 Å². The highest BCUT2D eigenvalue weighted by molar-refractivity contribution is 5.24. The highest BCUT2D eigenvalue weighted by Gasteiger charge is 2.08. The first kappa shape index (κ1) is 14.8. The molecule has 0 spiro atoms. The van der Waals surface area contributed by atoms with Gasteiger partial charge in [-0.3, -0.25) is 4.90 Å². The second-order valence-corrected chi connectivity index (χ2v) is 5.69. The largest absolute Gasteiger partial charge is 0.472 e. The van der Waals surface area contributed by atoms with Gasteiger partial charge in [0.25, 0.3) is 0 Å². The molecule has 0 aliphatic rings. The summed E-state index contributed by atoms with van der Waals surface area (Å²) in [6.45, 7) is 4.08. The Bertz CT molecular complexity index is 502. The van der Waals surface area contributed by atoms with Crippen LogP contribution < -0.4 is 0 Å². The van der Waals surface area contributed by atoms with Crippen LogP contribution in [0.25, 0.3) is 0 Å². The molecule has 0 saturated carbocycles. The Balaban J connectivity index is 1.93. The van der Waals surface area contributed by atoms with Crippen LogP contribution in [0.5, 0.6) is 0 Å². The van der Waals surface area contributed by atoms with E-state index >= 15 is 0 Å². The van der Waals surface area contributed by atoms with E-state index in [4.69, 9.17) is 4.42 Å². The van der Waals surface area contributed by atoms with Gasteiger partial charge in [-0.25, -0.2) is 0 Å². The molecule has 0 radical (unpaired) electrons. The fourth-order valence-electron chi connectivity index (χ4n) is 2.26. The van der Waals surface area contributed by atoms with E-state index in [1.54, 1.807) is 12.5 Å². The van der Waals surface area contributed by atoms with Crippen LogP contribution in [0, 0.1) is 0 Å². The predicted molar refractivity (Wildman–Crippen MR) is 82.4 cm³/mol. The second-order valence-electron chi connectivity index (χ2n) is 5.69. The average Bonchev–Trinajstić information content (AvgIpc) is 2.91. The summed E-state index contributed by atoms with van der Waals surface area (Å²) in [5.74, 6) is 0. The molecule has 0 N–H and O–H groups in total. The maximum absolute atomic E-state index is 5.10. The van der Waals surface area contributed by atoms with E-state index in [0.717, 1.165) is 13.1 Å². The van der Waals surface area contributed by atoms with E-state index in [9.17, 15) is 0 Å². The van der Waals surface area contributed by atoms with Crippen LogP contribution in [0.1, 0.15) is 29.7 Å². The summed E-state index contributed by atoms with van der Waals surface area (Å²) in [4.78, 5) is 4.51.